The number of rotatable bonds is 5. The molecule has 7 nitrogen and oxygen atoms in total. The molecule has 0 aliphatic carbocycles. The van der Waals surface area contributed by atoms with E-state index in [9.17, 15) is 18.5 Å². The summed E-state index contributed by atoms with van der Waals surface area (Å²) in [7, 11) is -3.24. The fourth-order valence-electron chi connectivity index (χ4n) is 2.78. The van der Waals surface area contributed by atoms with Gasteiger partial charge in [0.15, 0.2) is 9.84 Å². The van der Waals surface area contributed by atoms with Crippen LogP contribution in [0.1, 0.15) is 18.5 Å². The standard InChI is InChI=1S/C18H17N3O4S/c1-12(13-3-5-14(6-4-13)26(2,24)25)20-17-7-8-18(21(22)23)16-11-19-10-9-15(16)17/h3-12,20H,1-2H3. The van der Waals surface area contributed by atoms with E-state index in [1.807, 2.05) is 6.92 Å². The van der Waals surface area contributed by atoms with Gasteiger partial charge in [-0.15, -0.1) is 0 Å². The monoisotopic (exact) mass is 371 g/mol. The fourth-order valence-corrected chi connectivity index (χ4v) is 3.41. The number of hydrogen-bond donors (Lipinski definition) is 1. The summed E-state index contributed by atoms with van der Waals surface area (Å²) in [4.78, 5) is 15.0. The van der Waals surface area contributed by atoms with Crippen LogP contribution >= 0.6 is 0 Å². The molecule has 26 heavy (non-hydrogen) atoms. The second-order valence-electron chi connectivity index (χ2n) is 6.02. The first-order valence-electron chi connectivity index (χ1n) is 7.85. The third-order valence-corrected chi connectivity index (χ3v) is 5.30. The van der Waals surface area contributed by atoms with Crippen LogP contribution in [0.15, 0.2) is 59.8 Å². The van der Waals surface area contributed by atoms with Gasteiger partial charge in [-0.25, -0.2) is 8.42 Å². The lowest BCUT2D eigenvalue weighted by atomic mass is 10.1. The molecule has 0 saturated heterocycles. The van der Waals surface area contributed by atoms with Crippen LogP contribution in [0.3, 0.4) is 0 Å². The van der Waals surface area contributed by atoms with Crippen molar-refractivity contribution >= 4 is 32.0 Å². The topological polar surface area (TPSA) is 102 Å². The fraction of sp³-hybridized carbons (Fsp3) is 0.167. The molecule has 0 fully saturated rings. The van der Waals surface area contributed by atoms with Crippen molar-refractivity contribution < 1.29 is 13.3 Å². The molecule has 1 N–H and O–H groups in total. The van der Waals surface area contributed by atoms with E-state index in [0.717, 1.165) is 11.3 Å². The lowest BCUT2D eigenvalue weighted by molar-refractivity contribution is -0.383. The van der Waals surface area contributed by atoms with Crippen molar-refractivity contribution in [2.24, 2.45) is 0 Å². The Hall–Kier alpha value is -3.00. The number of nitro groups is 1. The predicted molar refractivity (Wildman–Crippen MR) is 100.0 cm³/mol. The van der Waals surface area contributed by atoms with Crippen molar-refractivity contribution in [2.45, 2.75) is 17.9 Å². The lowest BCUT2D eigenvalue weighted by Crippen LogP contribution is -2.08. The quantitative estimate of drug-likeness (QED) is 0.542. The molecule has 3 rings (SSSR count). The summed E-state index contributed by atoms with van der Waals surface area (Å²) in [5.41, 5.74) is 1.65. The van der Waals surface area contributed by atoms with Crippen LogP contribution in [0.4, 0.5) is 11.4 Å². The summed E-state index contributed by atoms with van der Waals surface area (Å²) in [5.74, 6) is 0. The SMILES string of the molecule is CC(Nc1ccc([N+](=O)[O-])c2cnccc12)c1ccc(S(C)(=O)=O)cc1. The van der Waals surface area contributed by atoms with Crippen molar-refractivity contribution in [3.63, 3.8) is 0 Å². The van der Waals surface area contributed by atoms with Crippen LogP contribution in [0.5, 0.6) is 0 Å². The van der Waals surface area contributed by atoms with Gasteiger partial charge in [0.2, 0.25) is 0 Å². The van der Waals surface area contributed by atoms with Gasteiger partial charge in [-0.3, -0.25) is 15.1 Å². The van der Waals surface area contributed by atoms with Crippen LogP contribution in [-0.2, 0) is 9.84 Å². The number of nitro benzene ring substituents is 1. The maximum Gasteiger partial charge on any atom is 0.278 e. The Balaban J connectivity index is 1.94. The molecule has 0 radical (unpaired) electrons. The van der Waals surface area contributed by atoms with Crippen LogP contribution in [0.25, 0.3) is 10.8 Å². The smallest absolute Gasteiger partial charge is 0.278 e. The summed E-state index contributed by atoms with van der Waals surface area (Å²) in [6, 6.07) is 11.4. The van der Waals surface area contributed by atoms with Gasteiger partial charge in [0.25, 0.3) is 5.69 Å². The molecular formula is C18H17N3O4S. The number of nitrogens with one attached hydrogen (secondary N) is 1. The minimum atomic E-state index is -3.24. The molecule has 2 aromatic carbocycles. The molecule has 8 heteroatoms. The van der Waals surface area contributed by atoms with Crippen molar-refractivity contribution in [3.05, 3.63) is 70.5 Å². The van der Waals surface area contributed by atoms with Gasteiger partial charge in [0.05, 0.1) is 15.2 Å². The van der Waals surface area contributed by atoms with Gasteiger partial charge in [0, 0.05) is 41.8 Å². The van der Waals surface area contributed by atoms with Crippen molar-refractivity contribution in [1.29, 1.82) is 0 Å². The minimum absolute atomic E-state index is 0.00353. The molecule has 1 atom stereocenters. The van der Waals surface area contributed by atoms with Crippen molar-refractivity contribution in [1.82, 2.24) is 4.98 Å². The first-order chi connectivity index (χ1) is 12.3. The first kappa shape index (κ1) is 17.8. The van der Waals surface area contributed by atoms with E-state index in [2.05, 4.69) is 10.3 Å². The molecule has 0 aliphatic rings. The second-order valence-corrected chi connectivity index (χ2v) is 8.03. The van der Waals surface area contributed by atoms with Gasteiger partial charge < -0.3 is 5.32 Å². The van der Waals surface area contributed by atoms with E-state index < -0.39 is 14.8 Å². The van der Waals surface area contributed by atoms with E-state index in [1.54, 1.807) is 42.6 Å². The Bertz CT molecular complexity index is 1080. The van der Waals surface area contributed by atoms with Gasteiger partial charge in [-0.1, -0.05) is 12.1 Å². The minimum Gasteiger partial charge on any atom is -0.378 e. The Morgan fingerprint density at radius 3 is 2.38 bits per heavy atom. The number of hydrogen-bond acceptors (Lipinski definition) is 6. The summed E-state index contributed by atoms with van der Waals surface area (Å²) >= 11 is 0. The number of anilines is 1. The molecule has 0 spiro atoms. The van der Waals surface area contributed by atoms with Crippen molar-refractivity contribution in [2.75, 3.05) is 11.6 Å². The number of aromatic nitrogens is 1. The Morgan fingerprint density at radius 1 is 1.08 bits per heavy atom. The number of sulfone groups is 1. The first-order valence-corrected chi connectivity index (χ1v) is 9.74. The maximum absolute atomic E-state index is 11.6. The van der Waals surface area contributed by atoms with Gasteiger partial charge in [0.1, 0.15) is 0 Å². The third kappa shape index (κ3) is 3.50. The predicted octanol–water partition coefficient (Wildman–Crippen LogP) is 3.72. The maximum atomic E-state index is 11.6. The van der Waals surface area contributed by atoms with Crippen LogP contribution in [0, 0.1) is 10.1 Å². The van der Waals surface area contributed by atoms with Crippen molar-refractivity contribution in [3.8, 4) is 0 Å². The molecule has 0 amide bonds. The summed E-state index contributed by atoms with van der Waals surface area (Å²) in [5, 5.41) is 15.7. The average molecular weight is 371 g/mol. The largest absolute Gasteiger partial charge is 0.378 e. The highest BCUT2D eigenvalue weighted by Gasteiger charge is 2.16. The number of non-ortho nitro benzene ring substituents is 1. The lowest BCUT2D eigenvalue weighted by Gasteiger charge is -2.17. The van der Waals surface area contributed by atoms with Gasteiger partial charge >= 0.3 is 0 Å². The summed E-state index contributed by atoms with van der Waals surface area (Å²) < 4.78 is 23.1. The number of benzene rings is 2. The van der Waals surface area contributed by atoms with Gasteiger partial charge in [-0.2, -0.15) is 0 Å². The molecule has 0 bridgehead atoms. The van der Waals surface area contributed by atoms with Gasteiger partial charge in [-0.05, 0) is 36.8 Å². The van der Waals surface area contributed by atoms with Crippen LogP contribution in [0.2, 0.25) is 0 Å². The average Bonchev–Trinajstić information content (AvgIpc) is 2.61. The Morgan fingerprint density at radius 2 is 1.77 bits per heavy atom. The Kier molecular flexibility index (Phi) is 4.60. The zero-order chi connectivity index (χ0) is 18.9. The molecule has 1 heterocycles. The number of pyridine rings is 1. The second kappa shape index (κ2) is 6.72. The molecule has 0 aliphatic heterocycles. The van der Waals surface area contributed by atoms with E-state index in [1.165, 1.54) is 18.5 Å². The van der Waals surface area contributed by atoms with E-state index in [-0.39, 0.29) is 16.6 Å². The molecule has 1 aromatic heterocycles. The molecular weight excluding hydrogens is 354 g/mol. The summed E-state index contributed by atoms with van der Waals surface area (Å²) in [6.07, 6.45) is 4.23. The molecule has 3 aromatic rings. The van der Waals surface area contributed by atoms with E-state index >= 15 is 0 Å². The normalized spacial score (nSPS) is 12.7. The zero-order valence-corrected chi connectivity index (χ0v) is 15.0. The molecule has 0 saturated carbocycles. The van der Waals surface area contributed by atoms with E-state index in [4.69, 9.17) is 0 Å². The summed E-state index contributed by atoms with van der Waals surface area (Å²) in [6.45, 7) is 1.93. The number of fused-ring (bicyclic) bond motifs is 1. The number of nitrogens with zero attached hydrogens (tertiary/aromatic N) is 2. The highest BCUT2D eigenvalue weighted by Crippen LogP contribution is 2.32. The molecule has 134 valence electrons. The third-order valence-electron chi connectivity index (χ3n) is 4.17. The highest BCUT2D eigenvalue weighted by molar-refractivity contribution is 7.90. The molecule has 1 unspecified atom stereocenters. The van der Waals surface area contributed by atoms with Crippen LogP contribution < -0.4 is 5.32 Å². The Labute approximate surface area is 150 Å². The highest BCUT2D eigenvalue weighted by atomic mass is 32.2. The zero-order valence-electron chi connectivity index (χ0n) is 14.2. The van der Waals surface area contributed by atoms with E-state index in [0.29, 0.717) is 10.8 Å². The van der Waals surface area contributed by atoms with Crippen LogP contribution in [-0.4, -0.2) is 24.6 Å².